The van der Waals surface area contributed by atoms with Gasteiger partial charge in [0.2, 0.25) is 0 Å². The smallest absolute Gasteiger partial charge is 0.120 e. The van der Waals surface area contributed by atoms with Crippen LogP contribution >= 0.6 is 0 Å². The Bertz CT molecular complexity index is 876. The highest BCUT2D eigenvalue weighted by Gasteiger charge is 2.19. The van der Waals surface area contributed by atoms with Crippen LogP contribution in [0.25, 0.3) is 10.8 Å². The number of rotatable bonds is 7. The van der Waals surface area contributed by atoms with E-state index >= 15 is 0 Å². The molecule has 0 spiro atoms. The van der Waals surface area contributed by atoms with Gasteiger partial charge in [0.15, 0.2) is 0 Å². The fourth-order valence-electron chi connectivity index (χ4n) is 3.77. The van der Waals surface area contributed by atoms with Crippen LogP contribution < -0.4 is 4.74 Å². The highest BCUT2D eigenvalue weighted by molar-refractivity contribution is 5.83. The lowest BCUT2D eigenvalue weighted by molar-refractivity contribution is 0.0446. The molecule has 4 heteroatoms. The van der Waals surface area contributed by atoms with Gasteiger partial charge in [-0.05, 0) is 28.5 Å². The molecule has 28 heavy (non-hydrogen) atoms. The van der Waals surface area contributed by atoms with Crippen LogP contribution in [0, 0.1) is 0 Å². The first-order valence-electron chi connectivity index (χ1n) is 10.0. The topological polar surface area (TPSA) is 35.9 Å². The van der Waals surface area contributed by atoms with Crippen molar-refractivity contribution in [3.63, 3.8) is 0 Å². The number of piperazine rings is 1. The number of benzene rings is 3. The van der Waals surface area contributed by atoms with Crippen LogP contribution in [0.2, 0.25) is 0 Å². The van der Waals surface area contributed by atoms with Crippen molar-refractivity contribution in [2.75, 3.05) is 39.3 Å². The first-order valence-corrected chi connectivity index (χ1v) is 10.0. The van der Waals surface area contributed by atoms with Crippen molar-refractivity contribution in [2.45, 2.75) is 12.6 Å². The molecule has 1 heterocycles. The molecular formula is C24H28N2O2. The van der Waals surface area contributed by atoms with Crippen LogP contribution in [0.4, 0.5) is 0 Å². The maximum Gasteiger partial charge on any atom is 0.120 e. The lowest BCUT2D eigenvalue weighted by Crippen LogP contribution is -2.48. The average Bonchev–Trinajstić information content (AvgIpc) is 2.74. The Morgan fingerprint density at radius 1 is 0.786 bits per heavy atom. The van der Waals surface area contributed by atoms with E-state index in [1.807, 2.05) is 24.3 Å². The second kappa shape index (κ2) is 9.20. The number of aliphatic hydroxyl groups excluding tert-OH is 1. The number of fused-ring (bicyclic) bond motifs is 1. The number of ether oxygens (including phenoxy) is 1. The van der Waals surface area contributed by atoms with E-state index in [1.54, 1.807) is 0 Å². The third-order valence-corrected chi connectivity index (χ3v) is 5.35. The number of β-amino-alcohol motifs (C(OH)–C–C–N with tert-alkyl or cyclic N) is 1. The van der Waals surface area contributed by atoms with Gasteiger partial charge in [-0.25, -0.2) is 0 Å². The fourth-order valence-corrected chi connectivity index (χ4v) is 3.77. The van der Waals surface area contributed by atoms with Crippen molar-refractivity contribution in [2.24, 2.45) is 0 Å². The molecule has 1 saturated heterocycles. The van der Waals surface area contributed by atoms with Gasteiger partial charge in [-0.1, -0.05) is 60.7 Å². The van der Waals surface area contributed by atoms with Gasteiger partial charge >= 0.3 is 0 Å². The number of hydrogen-bond acceptors (Lipinski definition) is 4. The van der Waals surface area contributed by atoms with Crippen LogP contribution in [-0.4, -0.2) is 60.3 Å². The summed E-state index contributed by atoms with van der Waals surface area (Å²) in [6, 6.07) is 24.9. The van der Waals surface area contributed by atoms with E-state index in [0.29, 0.717) is 13.2 Å². The molecule has 0 radical (unpaired) electrons. The van der Waals surface area contributed by atoms with Crippen molar-refractivity contribution in [1.82, 2.24) is 9.80 Å². The first kappa shape index (κ1) is 18.9. The highest BCUT2D eigenvalue weighted by atomic mass is 16.5. The van der Waals surface area contributed by atoms with E-state index in [1.165, 1.54) is 10.9 Å². The minimum absolute atomic E-state index is 0.322. The summed E-state index contributed by atoms with van der Waals surface area (Å²) in [5, 5.41) is 12.8. The number of nitrogens with zero attached hydrogens (tertiary/aromatic N) is 2. The van der Waals surface area contributed by atoms with E-state index < -0.39 is 6.10 Å². The molecule has 4 nitrogen and oxygen atoms in total. The SMILES string of the molecule is O[C@H](COc1ccc2ccccc2c1)CN1CCN(Cc2ccccc2)CC1. The predicted molar refractivity (Wildman–Crippen MR) is 114 cm³/mol. The van der Waals surface area contributed by atoms with E-state index in [4.69, 9.17) is 4.74 Å². The highest BCUT2D eigenvalue weighted by Crippen LogP contribution is 2.20. The maximum atomic E-state index is 10.4. The van der Waals surface area contributed by atoms with Crippen LogP contribution in [0.3, 0.4) is 0 Å². The largest absolute Gasteiger partial charge is 0.491 e. The number of aliphatic hydroxyl groups is 1. The molecule has 0 aliphatic carbocycles. The molecule has 1 N–H and O–H groups in total. The molecule has 146 valence electrons. The predicted octanol–water partition coefficient (Wildman–Crippen LogP) is 3.40. The quantitative estimate of drug-likeness (QED) is 0.686. The molecule has 0 amide bonds. The van der Waals surface area contributed by atoms with Gasteiger partial charge < -0.3 is 9.84 Å². The molecule has 0 bridgehead atoms. The zero-order valence-electron chi connectivity index (χ0n) is 16.2. The first-order chi connectivity index (χ1) is 13.8. The van der Waals surface area contributed by atoms with Crippen LogP contribution in [-0.2, 0) is 6.54 Å². The van der Waals surface area contributed by atoms with Crippen molar-refractivity contribution >= 4 is 10.8 Å². The fraction of sp³-hybridized carbons (Fsp3) is 0.333. The summed E-state index contributed by atoms with van der Waals surface area (Å²) in [6.45, 7) is 6.03. The standard InChI is InChI=1S/C24H28N2O2/c27-23(19-28-24-11-10-21-8-4-5-9-22(21)16-24)18-26-14-12-25(13-15-26)17-20-6-2-1-3-7-20/h1-11,16,23,27H,12-15,17-19H2/t23-/m0/s1. The molecule has 1 fully saturated rings. The molecule has 0 unspecified atom stereocenters. The van der Waals surface area contributed by atoms with E-state index in [-0.39, 0.29) is 0 Å². The minimum Gasteiger partial charge on any atom is -0.491 e. The van der Waals surface area contributed by atoms with Gasteiger partial charge in [-0.15, -0.1) is 0 Å². The second-order valence-corrected chi connectivity index (χ2v) is 7.54. The normalized spacial score (nSPS) is 16.9. The Hall–Kier alpha value is -2.40. The molecule has 1 atom stereocenters. The zero-order valence-corrected chi connectivity index (χ0v) is 16.2. The van der Waals surface area contributed by atoms with Crippen LogP contribution in [0.5, 0.6) is 5.75 Å². The summed E-state index contributed by atoms with van der Waals surface area (Å²) in [7, 11) is 0. The van der Waals surface area contributed by atoms with Crippen molar-refractivity contribution < 1.29 is 9.84 Å². The molecule has 0 saturated carbocycles. The summed E-state index contributed by atoms with van der Waals surface area (Å²) in [5.74, 6) is 0.811. The van der Waals surface area contributed by atoms with E-state index in [0.717, 1.165) is 43.9 Å². The van der Waals surface area contributed by atoms with Crippen LogP contribution in [0.15, 0.2) is 72.8 Å². The summed E-state index contributed by atoms with van der Waals surface area (Å²) in [4.78, 5) is 4.81. The monoisotopic (exact) mass is 376 g/mol. The van der Waals surface area contributed by atoms with Gasteiger partial charge in [0.1, 0.15) is 18.5 Å². The molecular weight excluding hydrogens is 348 g/mol. The Morgan fingerprint density at radius 3 is 2.25 bits per heavy atom. The van der Waals surface area contributed by atoms with Crippen molar-refractivity contribution in [3.05, 3.63) is 78.4 Å². The van der Waals surface area contributed by atoms with Gasteiger partial charge in [0.05, 0.1) is 0 Å². The van der Waals surface area contributed by atoms with Gasteiger partial charge in [0, 0.05) is 39.3 Å². The van der Waals surface area contributed by atoms with Crippen LogP contribution in [0.1, 0.15) is 5.56 Å². The molecule has 0 aromatic heterocycles. The third-order valence-electron chi connectivity index (χ3n) is 5.35. The third kappa shape index (κ3) is 5.10. The summed E-state index contributed by atoms with van der Waals surface area (Å²) >= 11 is 0. The molecule has 1 aliphatic rings. The van der Waals surface area contributed by atoms with Gasteiger partial charge in [-0.2, -0.15) is 0 Å². The van der Waals surface area contributed by atoms with E-state index in [9.17, 15) is 5.11 Å². The summed E-state index contributed by atoms with van der Waals surface area (Å²) in [5.41, 5.74) is 1.36. The Kier molecular flexibility index (Phi) is 6.22. The van der Waals surface area contributed by atoms with Gasteiger partial charge in [-0.3, -0.25) is 9.80 Å². The second-order valence-electron chi connectivity index (χ2n) is 7.54. The summed E-state index contributed by atoms with van der Waals surface area (Å²) < 4.78 is 5.83. The van der Waals surface area contributed by atoms with Crippen molar-refractivity contribution in [1.29, 1.82) is 0 Å². The van der Waals surface area contributed by atoms with Gasteiger partial charge in [0.25, 0.3) is 0 Å². The summed E-state index contributed by atoms with van der Waals surface area (Å²) in [6.07, 6.45) is -0.479. The zero-order chi connectivity index (χ0) is 19.2. The Balaban J connectivity index is 1.20. The lowest BCUT2D eigenvalue weighted by atomic mass is 10.1. The molecule has 1 aliphatic heterocycles. The average molecular weight is 377 g/mol. The Labute approximate surface area is 167 Å². The maximum absolute atomic E-state index is 10.4. The van der Waals surface area contributed by atoms with Crippen molar-refractivity contribution in [3.8, 4) is 5.75 Å². The Morgan fingerprint density at radius 2 is 1.46 bits per heavy atom. The molecule has 3 aromatic rings. The minimum atomic E-state index is -0.479. The molecule has 4 rings (SSSR count). The number of hydrogen-bond donors (Lipinski definition) is 1. The molecule has 3 aromatic carbocycles. The lowest BCUT2D eigenvalue weighted by Gasteiger charge is -2.35. The van der Waals surface area contributed by atoms with E-state index in [2.05, 4.69) is 58.3 Å².